The summed E-state index contributed by atoms with van der Waals surface area (Å²) in [5.74, 6) is -0.281. The first-order valence-corrected chi connectivity index (χ1v) is 8.46. The number of fused-ring (bicyclic) bond motifs is 2. The van der Waals surface area contributed by atoms with Gasteiger partial charge in [-0.2, -0.15) is 0 Å². The molecule has 0 aliphatic carbocycles. The van der Waals surface area contributed by atoms with Gasteiger partial charge in [0, 0.05) is 0 Å². The molecule has 4 aromatic carbocycles. The zero-order chi connectivity index (χ0) is 17.2. The van der Waals surface area contributed by atoms with Gasteiger partial charge in [-0.1, -0.05) is 60.7 Å². The molecule has 0 saturated heterocycles. The summed E-state index contributed by atoms with van der Waals surface area (Å²) in [6.45, 7) is 2.20. The van der Waals surface area contributed by atoms with Crippen molar-refractivity contribution in [1.82, 2.24) is 0 Å². The maximum atomic E-state index is 11.9. The van der Waals surface area contributed by atoms with Crippen molar-refractivity contribution >= 4 is 27.5 Å². The van der Waals surface area contributed by atoms with Gasteiger partial charge in [0.25, 0.3) is 0 Å². The fourth-order valence-electron chi connectivity index (χ4n) is 3.31. The quantitative estimate of drug-likeness (QED) is 0.349. The van der Waals surface area contributed by atoms with Gasteiger partial charge in [-0.25, -0.2) is 4.79 Å². The molecular weight excluding hydrogens is 308 g/mol. The topological polar surface area (TPSA) is 26.3 Å². The molecule has 122 valence electrons. The molecule has 0 bridgehead atoms. The van der Waals surface area contributed by atoms with E-state index in [0.29, 0.717) is 12.2 Å². The summed E-state index contributed by atoms with van der Waals surface area (Å²) in [4.78, 5) is 11.9. The molecule has 2 heteroatoms. The average Bonchev–Trinajstić information content (AvgIpc) is 2.66. The van der Waals surface area contributed by atoms with E-state index < -0.39 is 0 Å². The van der Waals surface area contributed by atoms with Crippen molar-refractivity contribution in [2.75, 3.05) is 6.61 Å². The van der Waals surface area contributed by atoms with E-state index in [9.17, 15) is 4.79 Å². The van der Waals surface area contributed by atoms with Crippen LogP contribution in [0.3, 0.4) is 0 Å². The zero-order valence-corrected chi connectivity index (χ0v) is 14.0. The molecule has 4 rings (SSSR count). The summed E-state index contributed by atoms with van der Waals surface area (Å²) in [7, 11) is 0. The van der Waals surface area contributed by atoms with Crippen LogP contribution in [0.15, 0.2) is 78.9 Å². The van der Waals surface area contributed by atoms with Crippen molar-refractivity contribution in [1.29, 1.82) is 0 Å². The third-order valence-electron chi connectivity index (χ3n) is 4.46. The minimum Gasteiger partial charge on any atom is -0.462 e. The summed E-state index contributed by atoms with van der Waals surface area (Å²) in [5.41, 5.74) is 2.88. The second-order valence-corrected chi connectivity index (χ2v) is 5.99. The first kappa shape index (κ1) is 15.4. The van der Waals surface area contributed by atoms with E-state index in [2.05, 4.69) is 54.6 Å². The van der Waals surface area contributed by atoms with Gasteiger partial charge in [-0.05, 0) is 57.8 Å². The van der Waals surface area contributed by atoms with Crippen LogP contribution in [0, 0.1) is 0 Å². The van der Waals surface area contributed by atoms with Crippen LogP contribution in [0.1, 0.15) is 17.3 Å². The Morgan fingerprint density at radius 2 is 1.36 bits per heavy atom. The molecule has 0 fully saturated rings. The molecule has 0 spiro atoms. The van der Waals surface area contributed by atoms with Crippen LogP contribution in [0.25, 0.3) is 32.7 Å². The van der Waals surface area contributed by atoms with Crippen molar-refractivity contribution in [2.45, 2.75) is 6.92 Å². The van der Waals surface area contributed by atoms with E-state index in [-0.39, 0.29) is 5.97 Å². The smallest absolute Gasteiger partial charge is 0.338 e. The van der Waals surface area contributed by atoms with Crippen molar-refractivity contribution in [3.63, 3.8) is 0 Å². The lowest BCUT2D eigenvalue weighted by Gasteiger charge is -2.12. The monoisotopic (exact) mass is 326 g/mol. The summed E-state index contributed by atoms with van der Waals surface area (Å²) >= 11 is 0. The predicted molar refractivity (Wildman–Crippen MR) is 103 cm³/mol. The standard InChI is InChI=1S/C23H18O2/c1-2-25-23(24)17-13-11-16(12-14-17)22-20-9-5-3-7-18(20)15-19-8-4-6-10-21(19)22/h3-15H,2H2,1H3. The van der Waals surface area contributed by atoms with Crippen LogP contribution in [0.2, 0.25) is 0 Å². The van der Waals surface area contributed by atoms with Crippen molar-refractivity contribution in [3.8, 4) is 11.1 Å². The number of hydrogen-bond acceptors (Lipinski definition) is 2. The average molecular weight is 326 g/mol. The molecule has 2 nitrogen and oxygen atoms in total. The lowest BCUT2D eigenvalue weighted by Crippen LogP contribution is -2.04. The van der Waals surface area contributed by atoms with Gasteiger partial charge in [-0.15, -0.1) is 0 Å². The van der Waals surface area contributed by atoms with E-state index in [1.54, 1.807) is 0 Å². The van der Waals surface area contributed by atoms with Gasteiger partial charge in [0.05, 0.1) is 12.2 Å². The Morgan fingerprint density at radius 3 is 1.92 bits per heavy atom. The second-order valence-electron chi connectivity index (χ2n) is 5.99. The van der Waals surface area contributed by atoms with Gasteiger partial charge in [0.15, 0.2) is 0 Å². The van der Waals surface area contributed by atoms with Crippen LogP contribution < -0.4 is 0 Å². The summed E-state index contributed by atoms with van der Waals surface area (Å²) < 4.78 is 5.08. The number of carbonyl (C=O) groups excluding carboxylic acids is 1. The van der Waals surface area contributed by atoms with E-state index in [4.69, 9.17) is 4.74 Å². The van der Waals surface area contributed by atoms with Crippen LogP contribution in [-0.2, 0) is 4.74 Å². The first-order valence-electron chi connectivity index (χ1n) is 8.46. The summed E-state index contributed by atoms with van der Waals surface area (Å²) in [6.07, 6.45) is 0. The third-order valence-corrected chi connectivity index (χ3v) is 4.46. The number of rotatable bonds is 3. The first-order chi connectivity index (χ1) is 12.3. The van der Waals surface area contributed by atoms with Crippen molar-refractivity contribution in [2.24, 2.45) is 0 Å². The Kier molecular flexibility index (Phi) is 3.95. The highest BCUT2D eigenvalue weighted by atomic mass is 16.5. The molecule has 25 heavy (non-hydrogen) atoms. The van der Waals surface area contributed by atoms with Crippen molar-refractivity contribution in [3.05, 3.63) is 84.4 Å². The van der Waals surface area contributed by atoms with Gasteiger partial charge >= 0.3 is 5.97 Å². The fraction of sp³-hybridized carbons (Fsp3) is 0.0870. The minimum absolute atomic E-state index is 0.281. The van der Waals surface area contributed by atoms with E-state index in [1.807, 2.05) is 31.2 Å². The number of benzene rings is 4. The molecule has 0 radical (unpaired) electrons. The fourth-order valence-corrected chi connectivity index (χ4v) is 3.31. The molecule has 0 amide bonds. The highest BCUT2D eigenvalue weighted by molar-refractivity contribution is 6.12. The largest absolute Gasteiger partial charge is 0.462 e. The molecular formula is C23H18O2. The van der Waals surface area contributed by atoms with Crippen LogP contribution >= 0.6 is 0 Å². The summed E-state index contributed by atoms with van der Waals surface area (Å²) in [6, 6.07) is 26.7. The lowest BCUT2D eigenvalue weighted by molar-refractivity contribution is 0.0526. The maximum absolute atomic E-state index is 11.9. The highest BCUT2D eigenvalue weighted by Gasteiger charge is 2.11. The molecule has 0 heterocycles. The minimum atomic E-state index is -0.281. The molecule has 0 aliphatic rings. The highest BCUT2D eigenvalue weighted by Crippen LogP contribution is 2.36. The van der Waals surface area contributed by atoms with E-state index >= 15 is 0 Å². The normalized spacial score (nSPS) is 10.9. The Balaban J connectivity index is 1.94. The SMILES string of the molecule is CCOC(=O)c1ccc(-c2c3ccccc3cc3ccccc23)cc1. The Labute approximate surface area is 146 Å². The second kappa shape index (κ2) is 6.40. The maximum Gasteiger partial charge on any atom is 0.338 e. The molecule has 0 aliphatic heterocycles. The molecule has 0 atom stereocenters. The van der Waals surface area contributed by atoms with E-state index in [0.717, 1.165) is 5.56 Å². The number of hydrogen-bond donors (Lipinski definition) is 0. The number of ether oxygens (including phenoxy) is 1. The Hall–Kier alpha value is -3.13. The third kappa shape index (κ3) is 2.76. The molecule has 0 aromatic heterocycles. The zero-order valence-electron chi connectivity index (χ0n) is 14.0. The number of esters is 1. The predicted octanol–water partition coefficient (Wildman–Crippen LogP) is 5.84. The molecule has 4 aromatic rings. The Bertz CT molecular complexity index is 1010. The van der Waals surface area contributed by atoms with Crippen LogP contribution in [0.5, 0.6) is 0 Å². The van der Waals surface area contributed by atoms with Gasteiger partial charge in [0.1, 0.15) is 0 Å². The van der Waals surface area contributed by atoms with Gasteiger partial charge < -0.3 is 4.74 Å². The van der Waals surface area contributed by atoms with Gasteiger partial charge in [-0.3, -0.25) is 0 Å². The molecule has 0 N–H and O–H groups in total. The van der Waals surface area contributed by atoms with Crippen molar-refractivity contribution < 1.29 is 9.53 Å². The van der Waals surface area contributed by atoms with Crippen LogP contribution in [0.4, 0.5) is 0 Å². The van der Waals surface area contributed by atoms with Gasteiger partial charge in [0.2, 0.25) is 0 Å². The number of carbonyl (C=O) groups is 1. The molecule has 0 unspecified atom stereocenters. The van der Waals surface area contributed by atoms with Crippen LogP contribution in [-0.4, -0.2) is 12.6 Å². The molecule has 0 saturated carbocycles. The lowest BCUT2D eigenvalue weighted by atomic mass is 9.92. The summed E-state index contributed by atoms with van der Waals surface area (Å²) in [5, 5.41) is 4.85. The van der Waals surface area contributed by atoms with E-state index in [1.165, 1.54) is 27.1 Å². The Morgan fingerprint density at radius 1 is 0.800 bits per heavy atom.